The molecule has 2 heterocycles. The minimum Gasteiger partial charge on any atom is -0.481 e. The maximum atomic E-state index is 12.2. The number of sulfonamides is 1. The Hall–Kier alpha value is -1.64. The van der Waals surface area contributed by atoms with Crippen LogP contribution >= 0.6 is 11.3 Å². The van der Waals surface area contributed by atoms with E-state index in [1.165, 1.54) is 24.6 Å². The zero-order valence-electron chi connectivity index (χ0n) is 11.1. The number of hydrogen-bond donors (Lipinski definition) is 2. The van der Waals surface area contributed by atoms with Gasteiger partial charge in [-0.25, -0.2) is 13.4 Å². The molecule has 6 nitrogen and oxygen atoms in total. The first-order chi connectivity index (χ1) is 9.46. The van der Waals surface area contributed by atoms with Gasteiger partial charge >= 0.3 is 0 Å². The van der Waals surface area contributed by atoms with E-state index in [4.69, 9.17) is 10.5 Å². The van der Waals surface area contributed by atoms with Crippen LogP contribution in [0.25, 0.3) is 0 Å². The van der Waals surface area contributed by atoms with Crippen molar-refractivity contribution in [3.8, 4) is 5.88 Å². The average Bonchev–Trinajstić information content (AvgIpc) is 2.81. The number of aromatic nitrogens is 1. The number of rotatable bonds is 5. The fraction of sp³-hybridized carbons (Fsp3) is 0.250. The van der Waals surface area contributed by atoms with Crippen molar-refractivity contribution < 1.29 is 13.2 Å². The van der Waals surface area contributed by atoms with Gasteiger partial charge in [0.1, 0.15) is 4.21 Å². The lowest BCUT2D eigenvalue weighted by atomic mass is 10.3. The van der Waals surface area contributed by atoms with Gasteiger partial charge in [-0.15, -0.1) is 11.3 Å². The van der Waals surface area contributed by atoms with Gasteiger partial charge in [-0.1, -0.05) is 0 Å². The molecule has 2 aromatic rings. The Labute approximate surface area is 121 Å². The summed E-state index contributed by atoms with van der Waals surface area (Å²) in [5.74, 6) is 0.422. The van der Waals surface area contributed by atoms with Crippen LogP contribution in [0.5, 0.6) is 5.88 Å². The summed E-state index contributed by atoms with van der Waals surface area (Å²) < 4.78 is 32.1. The summed E-state index contributed by atoms with van der Waals surface area (Å²) in [5.41, 5.74) is 6.82. The van der Waals surface area contributed by atoms with Crippen LogP contribution in [0.15, 0.2) is 28.6 Å². The SMILES string of the molecule is COc1ccc(NS(=O)(=O)c2cc(C)c(CN)s2)cn1. The summed E-state index contributed by atoms with van der Waals surface area (Å²) in [7, 11) is -2.12. The van der Waals surface area contributed by atoms with Crippen LogP contribution in [0, 0.1) is 6.92 Å². The number of nitrogens with one attached hydrogen (secondary N) is 1. The molecule has 0 aliphatic rings. The van der Waals surface area contributed by atoms with E-state index < -0.39 is 10.0 Å². The number of anilines is 1. The third kappa shape index (κ3) is 3.09. The highest BCUT2D eigenvalue weighted by Crippen LogP contribution is 2.27. The van der Waals surface area contributed by atoms with Crippen LogP contribution in [0.4, 0.5) is 5.69 Å². The quantitative estimate of drug-likeness (QED) is 0.876. The predicted molar refractivity (Wildman–Crippen MR) is 78.5 cm³/mol. The monoisotopic (exact) mass is 313 g/mol. The van der Waals surface area contributed by atoms with E-state index in [0.717, 1.165) is 10.4 Å². The molecule has 0 fully saturated rings. The second kappa shape index (κ2) is 5.78. The molecule has 8 heteroatoms. The number of nitrogens with two attached hydrogens (primary N) is 1. The van der Waals surface area contributed by atoms with Crippen molar-refractivity contribution in [3.05, 3.63) is 34.8 Å². The summed E-state index contributed by atoms with van der Waals surface area (Å²) in [6.45, 7) is 2.17. The van der Waals surface area contributed by atoms with Gasteiger partial charge in [0.25, 0.3) is 10.0 Å². The van der Waals surface area contributed by atoms with Crippen molar-refractivity contribution in [1.82, 2.24) is 4.98 Å². The van der Waals surface area contributed by atoms with E-state index >= 15 is 0 Å². The largest absolute Gasteiger partial charge is 0.481 e. The maximum Gasteiger partial charge on any atom is 0.271 e. The lowest BCUT2D eigenvalue weighted by molar-refractivity contribution is 0.398. The second-order valence-corrected chi connectivity index (χ2v) is 7.12. The molecule has 0 bridgehead atoms. The Bertz CT molecular complexity index is 693. The molecule has 0 saturated heterocycles. The molecule has 2 rings (SSSR count). The van der Waals surface area contributed by atoms with Crippen LogP contribution in [0.3, 0.4) is 0 Å². The highest BCUT2D eigenvalue weighted by molar-refractivity contribution is 7.94. The van der Waals surface area contributed by atoms with Gasteiger partial charge in [0.2, 0.25) is 5.88 Å². The number of methoxy groups -OCH3 is 1. The van der Waals surface area contributed by atoms with Crippen LogP contribution in [0.2, 0.25) is 0 Å². The Balaban J connectivity index is 2.25. The molecule has 0 unspecified atom stereocenters. The fourth-order valence-corrected chi connectivity index (χ4v) is 4.10. The summed E-state index contributed by atoms with van der Waals surface area (Å²) in [4.78, 5) is 4.81. The van der Waals surface area contributed by atoms with Gasteiger partial charge in [-0.2, -0.15) is 0 Å². The van der Waals surface area contributed by atoms with Gasteiger partial charge in [0.05, 0.1) is 19.0 Å². The average molecular weight is 313 g/mol. The van der Waals surface area contributed by atoms with Crippen LogP contribution in [-0.4, -0.2) is 20.5 Å². The van der Waals surface area contributed by atoms with Gasteiger partial charge in [0.15, 0.2) is 0 Å². The third-order valence-electron chi connectivity index (χ3n) is 2.65. The minimum absolute atomic E-state index is 0.242. The van der Waals surface area contributed by atoms with Crippen LogP contribution in [-0.2, 0) is 16.6 Å². The molecule has 20 heavy (non-hydrogen) atoms. The number of nitrogens with zero attached hydrogens (tertiary/aromatic N) is 1. The van der Waals surface area contributed by atoms with E-state index in [-0.39, 0.29) is 4.21 Å². The van der Waals surface area contributed by atoms with Crippen LogP contribution in [0.1, 0.15) is 10.4 Å². The zero-order chi connectivity index (χ0) is 14.8. The first-order valence-corrected chi connectivity index (χ1v) is 8.08. The molecule has 0 atom stereocenters. The standard InChI is InChI=1S/C12H15N3O3S2/c1-8-5-12(19-10(8)6-13)20(16,17)15-9-3-4-11(18-2)14-7-9/h3-5,7,15H,6,13H2,1-2H3. The topological polar surface area (TPSA) is 94.3 Å². The number of aryl methyl sites for hydroxylation is 1. The molecule has 3 N–H and O–H groups in total. The molecule has 0 aromatic carbocycles. The van der Waals surface area contributed by atoms with Gasteiger partial charge in [0, 0.05) is 17.5 Å². The Kier molecular flexibility index (Phi) is 4.26. The molecule has 0 spiro atoms. The normalized spacial score (nSPS) is 11.3. The lowest BCUT2D eigenvalue weighted by Crippen LogP contribution is -2.11. The number of hydrogen-bond acceptors (Lipinski definition) is 6. The predicted octanol–water partition coefficient (Wildman–Crippen LogP) is 1.72. The van der Waals surface area contributed by atoms with Gasteiger partial charge in [-0.3, -0.25) is 4.72 Å². The van der Waals surface area contributed by atoms with Crippen molar-refractivity contribution >= 4 is 27.0 Å². The van der Waals surface area contributed by atoms with E-state index in [0.29, 0.717) is 18.1 Å². The number of ether oxygens (including phenoxy) is 1. The maximum absolute atomic E-state index is 12.2. The van der Waals surface area contributed by atoms with E-state index in [9.17, 15) is 8.42 Å². The third-order valence-corrected chi connectivity index (χ3v) is 5.76. The van der Waals surface area contributed by atoms with E-state index in [2.05, 4.69) is 9.71 Å². The smallest absolute Gasteiger partial charge is 0.271 e. The molecule has 108 valence electrons. The van der Waals surface area contributed by atoms with Gasteiger partial charge in [-0.05, 0) is 24.6 Å². The second-order valence-electron chi connectivity index (χ2n) is 4.07. The summed E-state index contributed by atoms with van der Waals surface area (Å²) >= 11 is 1.17. The van der Waals surface area contributed by atoms with Crippen LogP contribution < -0.4 is 15.2 Å². The van der Waals surface area contributed by atoms with Crippen molar-refractivity contribution in [3.63, 3.8) is 0 Å². The number of pyridine rings is 1. The minimum atomic E-state index is -3.61. The highest BCUT2D eigenvalue weighted by Gasteiger charge is 2.18. The summed E-state index contributed by atoms with van der Waals surface area (Å²) in [6.07, 6.45) is 1.40. The molecule has 2 aromatic heterocycles. The van der Waals surface area contributed by atoms with E-state index in [1.807, 2.05) is 6.92 Å². The van der Waals surface area contributed by atoms with E-state index in [1.54, 1.807) is 18.2 Å². The lowest BCUT2D eigenvalue weighted by Gasteiger charge is -2.06. The Morgan fingerprint density at radius 3 is 2.70 bits per heavy atom. The van der Waals surface area contributed by atoms with Crippen molar-refractivity contribution in [2.45, 2.75) is 17.7 Å². The summed E-state index contributed by atoms with van der Waals surface area (Å²) in [5, 5.41) is 0. The van der Waals surface area contributed by atoms with Crippen molar-refractivity contribution in [2.24, 2.45) is 5.73 Å². The molecular weight excluding hydrogens is 298 g/mol. The first kappa shape index (κ1) is 14.8. The molecule has 0 aliphatic carbocycles. The summed E-state index contributed by atoms with van der Waals surface area (Å²) in [6, 6.07) is 4.79. The van der Waals surface area contributed by atoms with Crippen molar-refractivity contribution in [2.75, 3.05) is 11.8 Å². The Morgan fingerprint density at radius 2 is 2.20 bits per heavy atom. The van der Waals surface area contributed by atoms with Gasteiger partial charge < -0.3 is 10.5 Å². The molecule has 0 aliphatic heterocycles. The zero-order valence-corrected chi connectivity index (χ0v) is 12.7. The van der Waals surface area contributed by atoms with Crippen molar-refractivity contribution in [1.29, 1.82) is 0 Å². The molecule has 0 amide bonds. The number of thiophene rings is 1. The Morgan fingerprint density at radius 1 is 1.45 bits per heavy atom. The molecular formula is C12H15N3O3S2. The molecule has 0 radical (unpaired) electrons. The molecule has 0 saturated carbocycles. The first-order valence-electron chi connectivity index (χ1n) is 5.78. The highest BCUT2D eigenvalue weighted by atomic mass is 32.2. The fourth-order valence-electron chi connectivity index (χ4n) is 1.59.